The van der Waals surface area contributed by atoms with Crippen LogP contribution in [0, 0.1) is 0 Å². The molecule has 23 heavy (non-hydrogen) atoms. The lowest BCUT2D eigenvalue weighted by Crippen LogP contribution is -1.95. The second kappa shape index (κ2) is 5.37. The molecule has 2 aromatic heterocycles. The molecule has 4 nitrogen and oxygen atoms in total. The number of carbonyl (C=O) groups is 1. The number of aromatic nitrogens is 2. The molecular formula is C18H12N2O2S. The molecule has 112 valence electrons. The van der Waals surface area contributed by atoms with E-state index in [1.165, 1.54) is 11.3 Å². The van der Waals surface area contributed by atoms with E-state index in [0.29, 0.717) is 4.96 Å². The van der Waals surface area contributed by atoms with Gasteiger partial charge in [0.1, 0.15) is 0 Å². The molecule has 4 rings (SSSR count). The van der Waals surface area contributed by atoms with Crippen LogP contribution in [0.3, 0.4) is 0 Å². The van der Waals surface area contributed by atoms with E-state index in [4.69, 9.17) is 0 Å². The lowest BCUT2D eigenvalue weighted by molar-refractivity contribution is 0.0691. The van der Waals surface area contributed by atoms with Gasteiger partial charge in [0.05, 0.1) is 10.6 Å². The van der Waals surface area contributed by atoms with Crippen molar-refractivity contribution in [2.24, 2.45) is 0 Å². The van der Waals surface area contributed by atoms with Crippen LogP contribution in [-0.2, 0) is 0 Å². The van der Waals surface area contributed by atoms with E-state index in [1.54, 1.807) is 6.20 Å². The van der Waals surface area contributed by atoms with E-state index in [-0.39, 0.29) is 5.69 Å². The van der Waals surface area contributed by atoms with E-state index in [9.17, 15) is 9.90 Å². The van der Waals surface area contributed by atoms with Crippen molar-refractivity contribution in [2.75, 3.05) is 0 Å². The minimum absolute atomic E-state index is 0.0630. The molecule has 0 atom stereocenters. The molecule has 0 amide bonds. The number of carboxylic acid groups (broad SMARTS) is 1. The predicted molar refractivity (Wildman–Crippen MR) is 90.9 cm³/mol. The first-order valence-electron chi connectivity index (χ1n) is 7.10. The fourth-order valence-electron chi connectivity index (χ4n) is 2.60. The molecule has 0 spiro atoms. The van der Waals surface area contributed by atoms with Gasteiger partial charge in [0.2, 0.25) is 0 Å². The van der Waals surface area contributed by atoms with Crippen LogP contribution in [-0.4, -0.2) is 20.5 Å². The van der Waals surface area contributed by atoms with Gasteiger partial charge in [-0.3, -0.25) is 4.40 Å². The summed E-state index contributed by atoms with van der Waals surface area (Å²) < 4.78 is 1.87. The first-order chi connectivity index (χ1) is 11.2. The van der Waals surface area contributed by atoms with Crippen LogP contribution in [0.1, 0.15) is 10.5 Å². The highest BCUT2D eigenvalue weighted by Crippen LogP contribution is 2.39. The number of rotatable bonds is 3. The summed E-state index contributed by atoms with van der Waals surface area (Å²) in [5, 5.41) is 9.18. The highest BCUT2D eigenvalue weighted by Gasteiger charge is 2.19. The van der Waals surface area contributed by atoms with Crippen molar-refractivity contribution in [1.29, 1.82) is 0 Å². The molecule has 5 heteroatoms. The highest BCUT2D eigenvalue weighted by atomic mass is 32.1. The number of benzene rings is 2. The minimum atomic E-state index is -1.01. The fraction of sp³-hybridized carbons (Fsp3) is 0. The highest BCUT2D eigenvalue weighted by molar-refractivity contribution is 7.20. The minimum Gasteiger partial charge on any atom is -0.476 e. The van der Waals surface area contributed by atoms with Gasteiger partial charge >= 0.3 is 5.97 Å². The third-order valence-electron chi connectivity index (χ3n) is 3.63. The van der Waals surface area contributed by atoms with Crippen LogP contribution in [0.4, 0.5) is 0 Å². The molecule has 4 aromatic rings. The van der Waals surface area contributed by atoms with Crippen molar-refractivity contribution in [2.45, 2.75) is 0 Å². The molecule has 0 saturated heterocycles. The van der Waals surface area contributed by atoms with Gasteiger partial charge in [-0.05, 0) is 5.56 Å². The molecule has 2 heterocycles. The van der Waals surface area contributed by atoms with Crippen molar-refractivity contribution in [1.82, 2.24) is 9.38 Å². The molecule has 0 aliphatic rings. The Balaban J connectivity index is 2.03. The zero-order valence-corrected chi connectivity index (χ0v) is 12.8. The number of nitrogens with zero attached hydrogens (tertiary/aromatic N) is 2. The van der Waals surface area contributed by atoms with E-state index >= 15 is 0 Å². The SMILES string of the molecule is O=C(O)c1cn2c(-c3ccccc3)c(-c3ccccc3)sc2n1. The summed E-state index contributed by atoms with van der Waals surface area (Å²) in [6.07, 6.45) is 1.59. The van der Waals surface area contributed by atoms with Gasteiger partial charge in [-0.2, -0.15) is 0 Å². The van der Waals surface area contributed by atoms with E-state index in [2.05, 4.69) is 17.1 Å². The summed E-state index contributed by atoms with van der Waals surface area (Å²) in [7, 11) is 0. The van der Waals surface area contributed by atoms with Crippen molar-refractivity contribution in [3.63, 3.8) is 0 Å². The van der Waals surface area contributed by atoms with Crippen molar-refractivity contribution < 1.29 is 9.90 Å². The Labute approximate surface area is 136 Å². The molecule has 0 aliphatic carbocycles. The maximum atomic E-state index is 11.2. The standard InChI is InChI=1S/C18H12N2O2S/c21-17(22)14-11-20-15(12-7-3-1-4-8-12)16(23-18(20)19-14)13-9-5-2-6-10-13/h1-11H,(H,21,22). The Hall–Kier alpha value is -2.92. The van der Waals surface area contributed by atoms with E-state index in [0.717, 1.165) is 21.7 Å². The molecule has 0 radical (unpaired) electrons. The number of carboxylic acids is 1. The number of imidazole rings is 1. The molecule has 0 saturated carbocycles. The van der Waals surface area contributed by atoms with Crippen LogP contribution in [0.5, 0.6) is 0 Å². The van der Waals surface area contributed by atoms with Gasteiger partial charge in [0, 0.05) is 11.8 Å². The average molecular weight is 320 g/mol. The van der Waals surface area contributed by atoms with Crippen molar-refractivity contribution >= 4 is 22.3 Å². The zero-order valence-electron chi connectivity index (χ0n) is 12.0. The fourth-order valence-corrected chi connectivity index (χ4v) is 3.73. The van der Waals surface area contributed by atoms with E-state index < -0.39 is 5.97 Å². The maximum Gasteiger partial charge on any atom is 0.356 e. The van der Waals surface area contributed by atoms with Crippen LogP contribution in [0.2, 0.25) is 0 Å². The molecular weight excluding hydrogens is 308 g/mol. The molecule has 0 unspecified atom stereocenters. The smallest absolute Gasteiger partial charge is 0.356 e. The Morgan fingerprint density at radius 2 is 1.57 bits per heavy atom. The summed E-state index contributed by atoms with van der Waals surface area (Å²) in [6, 6.07) is 20.0. The lowest BCUT2D eigenvalue weighted by atomic mass is 10.1. The quantitative estimate of drug-likeness (QED) is 0.607. The Bertz CT molecular complexity index is 988. The van der Waals surface area contributed by atoms with Gasteiger partial charge in [0.15, 0.2) is 10.7 Å². The predicted octanol–water partition coefficient (Wildman–Crippen LogP) is 4.43. The molecule has 0 bridgehead atoms. The molecule has 1 N–H and O–H groups in total. The van der Waals surface area contributed by atoms with Crippen LogP contribution in [0.25, 0.3) is 26.7 Å². The topological polar surface area (TPSA) is 54.6 Å². The second-order valence-electron chi connectivity index (χ2n) is 5.10. The monoisotopic (exact) mass is 320 g/mol. The Morgan fingerprint density at radius 3 is 2.17 bits per heavy atom. The molecule has 0 fully saturated rings. The summed E-state index contributed by atoms with van der Waals surface area (Å²) in [5.74, 6) is -1.01. The normalized spacial score (nSPS) is 11.0. The first kappa shape index (κ1) is 13.7. The van der Waals surface area contributed by atoms with Gasteiger partial charge in [-0.15, -0.1) is 0 Å². The number of hydrogen-bond acceptors (Lipinski definition) is 3. The van der Waals surface area contributed by atoms with E-state index in [1.807, 2.05) is 52.9 Å². The summed E-state index contributed by atoms with van der Waals surface area (Å²) in [4.78, 5) is 17.2. The Kier molecular flexibility index (Phi) is 3.20. The number of fused-ring (bicyclic) bond motifs is 1. The second-order valence-corrected chi connectivity index (χ2v) is 6.07. The summed E-state index contributed by atoms with van der Waals surface area (Å²) in [6.45, 7) is 0. The van der Waals surface area contributed by atoms with Gasteiger partial charge in [-0.1, -0.05) is 72.0 Å². The zero-order chi connectivity index (χ0) is 15.8. The van der Waals surface area contributed by atoms with Crippen molar-refractivity contribution in [3.05, 3.63) is 72.6 Å². The number of aromatic carboxylic acids is 1. The van der Waals surface area contributed by atoms with Gasteiger partial charge in [-0.25, -0.2) is 9.78 Å². The number of hydrogen-bond donors (Lipinski definition) is 1. The first-order valence-corrected chi connectivity index (χ1v) is 7.92. The average Bonchev–Trinajstić information content (AvgIpc) is 3.14. The molecule has 2 aromatic carbocycles. The van der Waals surface area contributed by atoms with Crippen LogP contribution in [0.15, 0.2) is 66.9 Å². The number of thiazole rings is 1. The molecule has 0 aliphatic heterocycles. The summed E-state index contributed by atoms with van der Waals surface area (Å²) in [5.41, 5.74) is 3.16. The van der Waals surface area contributed by atoms with Gasteiger partial charge < -0.3 is 5.11 Å². The van der Waals surface area contributed by atoms with Gasteiger partial charge in [0.25, 0.3) is 0 Å². The largest absolute Gasteiger partial charge is 0.476 e. The third-order valence-corrected chi connectivity index (χ3v) is 4.73. The van der Waals surface area contributed by atoms with Crippen LogP contribution < -0.4 is 0 Å². The Morgan fingerprint density at radius 1 is 0.957 bits per heavy atom. The summed E-state index contributed by atoms with van der Waals surface area (Å²) >= 11 is 1.50. The van der Waals surface area contributed by atoms with Crippen LogP contribution >= 0.6 is 11.3 Å². The third kappa shape index (κ3) is 2.31. The van der Waals surface area contributed by atoms with Crippen molar-refractivity contribution in [3.8, 4) is 21.7 Å². The maximum absolute atomic E-state index is 11.2. The lowest BCUT2D eigenvalue weighted by Gasteiger charge is -2.05.